The zero-order valence-corrected chi connectivity index (χ0v) is 14.0. The van der Waals surface area contributed by atoms with Gasteiger partial charge in [-0.25, -0.2) is 4.39 Å². The van der Waals surface area contributed by atoms with Crippen molar-refractivity contribution in [3.63, 3.8) is 0 Å². The fraction of sp³-hybridized carbons (Fsp3) is 0.533. The summed E-state index contributed by atoms with van der Waals surface area (Å²) >= 11 is 3.12. The van der Waals surface area contributed by atoms with Crippen molar-refractivity contribution in [2.24, 2.45) is 5.92 Å². The lowest BCUT2D eigenvalue weighted by molar-refractivity contribution is -0.117. The van der Waals surface area contributed by atoms with E-state index in [0.717, 1.165) is 12.8 Å². The van der Waals surface area contributed by atoms with Crippen LogP contribution in [0.1, 0.15) is 32.1 Å². The van der Waals surface area contributed by atoms with Gasteiger partial charge >= 0.3 is 0 Å². The van der Waals surface area contributed by atoms with Gasteiger partial charge in [-0.2, -0.15) is 0 Å². The molecular formula is C15H19BrClFN2O. The van der Waals surface area contributed by atoms with Crippen LogP contribution >= 0.6 is 28.3 Å². The number of amides is 1. The van der Waals surface area contributed by atoms with E-state index >= 15 is 0 Å². The predicted octanol–water partition coefficient (Wildman–Crippen LogP) is 3.87. The number of benzene rings is 1. The highest BCUT2D eigenvalue weighted by atomic mass is 79.9. The summed E-state index contributed by atoms with van der Waals surface area (Å²) in [5, 5.41) is 6.43. The Morgan fingerprint density at radius 3 is 2.62 bits per heavy atom. The highest BCUT2D eigenvalue weighted by Crippen LogP contribution is 2.32. The first kappa shape index (κ1) is 16.7. The van der Waals surface area contributed by atoms with Gasteiger partial charge in [0.2, 0.25) is 5.91 Å². The fourth-order valence-electron chi connectivity index (χ4n) is 3.39. The topological polar surface area (TPSA) is 41.1 Å². The summed E-state index contributed by atoms with van der Waals surface area (Å²) < 4.78 is 13.5. The third kappa shape index (κ3) is 4.18. The number of piperidine rings is 1. The lowest BCUT2D eigenvalue weighted by Crippen LogP contribution is -2.39. The number of carbonyl (C=O) groups excluding carboxylic acids is 1. The number of hydrogen-bond donors (Lipinski definition) is 2. The minimum Gasteiger partial charge on any atom is -0.326 e. The Hall–Kier alpha value is -0.650. The molecule has 116 valence electrons. The number of fused-ring (bicyclic) bond motifs is 2. The van der Waals surface area contributed by atoms with Crippen molar-refractivity contribution in [1.82, 2.24) is 5.32 Å². The first-order valence-corrected chi connectivity index (χ1v) is 7.90. The van der Waals surface area contributed by atoms with Crippen LogP contribution in [0.2, 0.25) is 0 Å². The van der Waals surface area contributed by atoms with Gasteiger partial charge in [-0.3, -0.25) is 4.79 Å². The molecule has 3 rings (SSSR count). The Morgan fingerprint density at radius 2 is 2.00 bits per heavy atom. The lowest BCUT2D eigenvalue weighted by atomic mass is 9.89. The molecule has 0 aromatic heterocycles. The molecule has 0 radical (unpaired) electrons. The van der Waals surface area contributed by atoms with Crippen molar-refractivity contribution in [3.8, 4) is 0 Å². The largest absolute Gasteiger partial charge is 0.326 e. The van der Waals surface area contributed by atoms with E-state index in [2.05, 4.69) is 26.6 Å². The van der Waals surface area contributed by atoms with Crippen LogP contribution < -0.4 is 10.6 Å². The molecule has 2 unspecified atom stereocenters. The number of hydrogen-bond acceptors (Lipinski definition) is 2. The number of rotatable bonds is 3. The number of anilines is 1. The minimum atomic E-state index is -0.321. The monoisotopic (exact) mass is 376 g/mol. The maximum absolute atomic E-state index is 13.1. The zero-order valence-electron chi connectivity index (χ0n) is 11.6. The summed E-state index contributed by atoms with van der Waals surface area (Å²) in [4.78, 5) is 12.1. The van der Waals surface area contributed by atoms with Crippen LogP contribution in [-0.4, -0.2) is 18.0 Å². The second-order valence-electron chi connectivity index (χ2n) is 5.86. The van der Waals surface area contributed by atoms with E-state index in [4.69, 9.17) is 0 Å². The molecule has 6 heteroatoms. The molecule has 1 aromatic carbocycles. The second kappa shape index (κ2) is 7.07. The molecule has 0 aliphatic carbocycles. The van der Waals surface area contributed by atoms with Gasteiger partial charge in [0.25, 0.3) is 0 Å². The summed E-state index contributed by atoms with van der Waals surface area (Å²) in [7, 11) is 0. The van der Waals surface area contributed by atoms with Gasteiger partial charge in [0.05, 0.1) is 4.47 Å². The van der Waals surface area contributed by atoms with Crippen molar-refractivity contribution in [1.29, 1.82) is 0 Å². The molecule has 1 aromatic rings. The maximum Gasteiger partial charge on any atom is 0.224 e. The molecule has 2 N–H and O–H groups in total. The van der Waals surface area contributed by atoms with Crippen molar-refractivity contribution >= 4 is 39.9 Å². The summed E-state index contributed by atoms with van der Waals surface area (Å²) in [5.74, 6) is 0.172. The van der Waals surface area contributed by atoms with E-state index in [0.29, 0.717) is 34.6 Å². The predicted molar refractivity (Wildman–Crippen MR) is 87.3 cm³/mol. The van der Waals surface area contributed by atoms with Gasteiger partial charge in [0.1, 0.15) is 5.82 Å². The molecule has 2 heterocycles. The van der Waals surface area contributed by atoms with Crippen LogP contribution in [0.5, 0.6) is 0 Å². The Kier molecular flexibility index (Phi) is 5.63. The molecule has 0 saturated carbocycles. The molecule has 2 atom stereocenters. The maximum atomic E-state index is 13.1. The summed E-state index contributed by atoms with van der Waals surface area (Å²) in [5.41, 5.74) is 0.639. The molecule has 2 saturated heterocycles. The molecule has 2 fully saturated rings. The first-order chi connectivity index (χ1) is 9.60. The number of nitrogens with one attached hydrogen (secondary N) is 2. The van der Waals surface area contributed by atoms with Gasteiger partial charge in [-0.15, -0.1) is 12.4 Å². The van der Waals surface area contributed by atoms with Gasteiger partial charge in [-0.1, -0.05) is 0 Å². The SMILES string of the molecule is Cl.O=C(CC1CC2CCC(C1)N2)Nc1ccc(F)c(Br)c1. The molecule has 2 aliphatic rings. The quantitative estimate of drug-likeness (QED) is 0.839. The van der Waals surface area contributed by atoms with Crippen molar-refractivity contribution < 1.29 is 9.18 Å². The van der Waals surface area contributed by atoms with Crippen LogP contribution in [0.3, 0.4) is 0 Å². The molecule has 0 spiro atoms. The Bertz CT molecular complexity index is 516. The molecule has 2 bridgehead atoms. The van der Waals surface area contributed by atoms with Crippen LogP contribution in [0.25, 0.3) is 0 Å². The average Bonchev–Trinajstić information content (AvgIpc) is 2.73. The number of halogens is 3. The summed E-state index contributed by atoms with van der Waals surface area (Å²) in [6.07, 6.45) is 5.24. The van der Waals surface area contributed by atoms with Crippen LogP contribution in [0, 0.1) is 11.7 Å². The Morgan fingerprint density at radius 1 is 1.33 bits per heavy atom. The third-order valence-corrected chi connectivity index (χ3v) is 4.86. The molecular weight excluding hydrogens is 359 g/mol. The summed E-state index contributed by atoms with van der Waals surface area (Å²) in [6.45, 7) is 0. The smallest absolute Gasteiger partial charge is 0.224 e. The van der Waals surface area contributed by atoms with Crippen molar-refractivity contribution in [3.05, 3.63) is 28.5 Å². The fourth-order valence-corrected chi connectivity index (χ4v) is 3.77. The van der Waals surface area contributed by atoms with E-state index in [9.17, 15) is 9.18 Å². The van der Waals surface area contributed by atoms with E-state index in [1.54, 1.807) is 12.1 Å². The van der Waals surface area contributed by atoms with Gasteiger partial charge in [0.15, 0.2) is 0 Å². The van der Waals surface area contributed by atoms with Crippen molar-refractivity contribution in [2.75, 3.05) is 5.32 Å². The minimum absolute atomic E-state index is 0. The van der Waals surface area contributed by atoms with Gasteiger partial charge in [-0.05, 0) is 65.7 Å². The highest BCUT2D eigenvalue weighted by Gasteiger charge is 2.34. The Balaban J connectivity index is 0.00000161. The van der Waals surface area contributed by atoms with Crippen LogP contribution in [0.4, 0.5) is 10.1 Å². The molecule has 2 aliphatic heterocycles. The van der Waals surface area contributed by atoms with E-state index in [1.165, 1.54) is 18.9 Å². The zero-order chi connectivity index (χ0) is 14.1. The first-order valence-electron chi connectivity index (χ1n) is 7.11. The van der Waals surface area contributed by atoms with Crippen molar-refractivity contribution in [2.45, 2.75) is 44.2 Å². The average molecular weight is 378 g/mol. The van der Waals surface area contributed by atoms with E-state index in [1.807, 2.05) is 0 Å². The van der Waals surface area contributed by atoms with Crippen LogP contribution in [0.15, 0.2) is 22.7 Å². The molecule has 1 amide bonds. The van der Waals surface area contributed by atoms with Gasteiger partial charge < -0.3 is 10.6 Å². The van der Waals surface area contributed by atoms with Crippen LogP contribution in [-0.2, 0) is 4.79 Å². The number of carbonyl (C=O) groups is 1. The highest BCUT2D eigenvalue weighted by molar-refractivity contribution is 9.10. The molecule has 21 heavy (non-hydrogen) atoms. The van der Waals surface area contributed by atoms with Gasteiger partial charge in [0, 0.05) is 24.2 Å². The summed E-state index contributed by atoms with van der Waals surface area (Å²) in [6, 6.07) is 5.74. The lowest BCUT2D eigenvalue weighted by Gasteiger charge is -2.28. The Labute approximate surface area is 138 Å². The van der Waals surface area contributed by atoms with E-state index in [-0.39, 0.29) is 24.1 Å². The standard InChI is InChI=1S/C15H18BrFN2O.ClH/c16-13-8-12(3-4-14(13)17)19-15(20)7-9-5-10-1-2-11(6-9)18-10;/h3-4,8-11,18H,1-2,5-7H2,(H,19,20);1H. The van der Waals surface area contributed by atoms with E-state index < -0.39 is 0 Å². The second-order valence-corrected chi connectivity index (χ2v) is 6.71. The normalized spacial score (nSPS) is 27.0. The molecule has 3 nitrogen and oxygen atoms in total. The third-order valence-electron chi connectivity index (χ3n) is 4.25.